The van der Waals surface area contributed by atoms with Crippen molar-refractivity contribution in [3.05, 3.63) is 71.4 Å². The molecule has 1 heterocycles. The molecule has 0 atom stereocenters. The van der Waals surface area contributed by atoms with Crippen LogP contribution < -0.4 is 0 Å². The average Bonchev–Trinajstić information content (AvgIpc) is 2.97. The summed E-state index contributed by atoms with van der Waals surface area (Å²) in [6, 6.07) is 16.5. The summed E-state index contributed by atoms with van der Waals surface area (Å²) in [7, 11) is 0. The van der Waals surface area contributed by atoms with Gasteiger partial charge in [-0.05, 0) is 24.3 Å². The number of ketones is 1. The third kappa shape index (κ3) is 3.17. The van der Waals surface area contributed by atoms with E-state index >= 15 is 0 Å². The van der Waals surface area contributed by atoms with Gasteiger partial charge in [0.05, 0.1) is 6.20 Å². The molecule has 1 aromatic heterocycles. The molecule has 0 fully saturated rings. The molecule has 0 N–H and O–H groups in total. The van der Waals surface area contributed by atoms with E-state index in [9.17, 15) is 4.79 Å². The topological polar surface area (TPSA) is 47.8 Å². The lowest BCUT2D eigenvalue weighted by molar-refractivity contribution is 0.0967. The van der Waals surface area contributed by atoms with Crippen LogP contribution in [0, 0.1) is 0 Å². The molecule has 0 saturated heterocycles. The minimum atomic E-state index is -0.0313. The fourth-order valence-corrected chi connectivity index (χ4v) is 2.12. The second-order valence-corrected chi connectivity index (χ2v) is 5.03. The Labute approximate surface area is 127 Å². The van der Waals surface area contributed by atoms with E-state index in [0.29, 0.717) is 10.6 Å². The van der Waals surface area contributed by atoms with Gasteiger partial charge in [-0.15, -0.1) is 5.10 Å². The molecule has 0 aliphatic heterocycles. The molecule has 0 aliphatic rings. The third-order valence-electron chi connectivity index (χ3n) is 3.08. The summed E-state index contributed by atoms with van der Waals surface area (Å²) in [6.45, 7) is 0.154. The highest BCUT2D eigenvalue weighted by molar-refractivity contribution is 6.30. The first-order valence-corrected chi connectivity index (χ1v) is 6.84. The molecular weight excluding hydrogens is 286 g/mol. The Kier molecular flexibility index (Phi) is 3.79. The van der Waals surface area contributed by atoms with Crippen LogP contribution in [0.15, 0.2) is 60.8 Å². The Morgan fingerprint density at radius 2 is 1.76 bits per heavy atom. The molecule has 4 nitrogen and oxygen atoms in total. The van der Waals surface area contributed by atoms with E-state index in [2.05, 4.69) is 10.3 Å². The van der Waals surface area contributed by atoms with Crippen molar-refractivity contribution < 1.29 is 4.79 Å². The molecule has 5 heteroatoms. The van der Waals surface area contributed by atoms with E-state index in [1.165, 1.54) is 0 Å². The largest absolute Gasteiger partial charge is 0.292 e. The van der Waals surface area contributed by atoms with Crippen molar-refractivity contribution >= 4 is 17.4 Å². The maximum Gasteiger partial charge on any atom is 0.184 e. The number of nitrogens with zero attached hydrogens (tertiary/aromatic N) is 3. The second kappa shape index (κ2) is 5.89. The average molecular weight is 298 g/mol. The van der Waals surface area contributed by atoms with E-state index in [-0.39, 0.29) is 12.3 Å². The van der Waals surface area contributed by atoms with Crippen LogP contribution in [0.2, 0.25) is 5.02 Å². The summed E-state index contributed by atoms with van der Waals surface area (Å²) < 4.78 is 1.54. The van der Waals surface area contributed by atoms with E-state index < -0.39 is 0 Å². The number of carbonyl (C=O) groups excluding carboxylic acids is 1. The molecule has 0 bridgehead atoms. The molecule has 3 rings (SSSR count). The molecule has 104 valence electrons. The van der Waals surface area contributed by atoms with Crippen molar-refractivity contribution in [2.24, 2.45) is 0 Å². The van der Waals surface area contributed by atoms with Crippen LogP contribution in [0.5, 0.6) is 0 Å². The van der Waals surface area contributed by atoms with Gasteiger partial charge in [-0.3, -0.25) is 4.79 Å². The molecular formula is C16H12ClN3O. The van der Waals surface area contributed by atoms with Crippen LogP contribution in [0.4, 0.5) is 0 Å². The molecule has 3 aromatic rings. The number of carbonyl (C=O) groups is 1. The highest BCUT2D eigenvalue weighted by atomic mass is 35.5. The predicted octanol–water partition coefficient (Wildman–Crippen LogP) is 3.48. The standard InChI is InChI=1S/C16H12ClN3O/c17-14-8-6-13(7-9-14)16(21)11-20-10-15(18-19-20)12-4-2-1-3-5-12/h1-10H,11H2. The first kappa shape index (κ1) is 13.5. The van der Waals surface area contributed by atoms with Crippen LogP contribution in [0.25, 0.3) is 11.3 Å². The fourth-order valence-electron chi connectivity index (χ4n) is 1.99. The van der Waals surface area contributed by atoms with Crippen LogP contribution in [-0.4, -0.2) is 20.8 Å². The van der Waals surface area contributed by atoms with Crippen LogP contribution >= 0.6 is 11.6 Å². The fraction of sp³-hybridized carbons (Fsp3) is 0.0625. The lowest BCUT2D eigenvalue weighted by Crippen LogP contribution is -2.10. The normalized spacial score (nSPS) is 10.5. The Morgan fingerprint density at radius 3 is 2.48 bits per heavy atom. The molecule has 21 heavy (non-hydrogen) atoms. The summed E-state index contributed by atoms with van der Waals surface area (Å²) >= 11 is 5.81. The summed E-state index contributed by atoms with van der Waals surface area (Å²) in [5.74, 6) is -0.0313. The summed E-state index contributed by atoms with van der Waals surface area (Å²) in [5, 5.41) is 8.69. The van der Waals surface area contributed by atoms with Gasteiger partial charge in [-0.1, -0.05) is 47.1 Å². The smallest absolute Gasteiger partial charge is 0.184 e. The maximum absolute atomic E-state index is 12.1. The Hall–Kier alpha value is -2.46. The first-order valence-electron chi connectivity index (χ1n) is 6.47. The van der Waals surface area contributed by atoms with Crippen molar-refractivity contribution in [1.29, 1.82) is 0 Å². The molecule has 0 unspecified atom stereocenters. The van der Waals surface area contributed by atoms with Crippen LogP contribution in [0.3, 0.4) is 0 Å². The van der Waals surface area contributed by atoms with Crippen molar-refractivity contribution in [3.8, 4) is 11.3 Å². The number of hydrogen-bond acceptors (Lipinski definition) is 3. The molecule has 0 saturated carbocycles. The minimum Gasteiger partial charge on any atom is -0.292 e. The Balaban J connectivity index is 1.75. The lowest BCUT2D eigenvalue weighted by atomic mass is 10.1. The van der Waals surface area contributed by atoms with Gasteiger partial charge in [0.1, 0.15) is 12.2 Å². The number of benzene rings is 2. The van der Waals surface area contributed by atoms with Gasteiger partial charge in [-0.25, -0.2) is 4.68 Å². The van der Waals surface area contributed by atoms with Gasteiger partial charge >= 0.3 is 0 Å². The van der Waals surface area contributed by atoms with Gasteiger partial charge in [0.15, 0.2) is 5.78 Å². The third-order valence-corrected chi connectivity index (χ3v) is 3.33. The summed E-state index contributed by atoms with van der Waals surface area (Å²) in [4.78, 5) is 12.1. The van der Waals surface area contributed by atoms with Crippen molar-refractivity contribution in [1.82, 2.24) is 15.0 Å². The van der Waals surface area contributed by atoms with Crippen LogP contribution in [-0.2, 0) is 6.54 Å². The highest BCUT2D eigenvalue weighted by Crippen LogP contribution is 2.15. The van der Waals surface area contributed by atoms with Crippen molar-refractivity contribution in [2.45, 2.75) is 6.54 Å². The van der Waals surface area contributed by atoms with E-state index in [1.54, 1.807) is 35.1 Å². The van der Waals surface area contributed by atoms with Crippen LogP contribution in [0.1, 0.15) is 10.4 Å². The highest BCUT2D eigenvalue weighted by Gasteiger charge is 2.09. The first-order chi connectivity index (χ1) is 10.2. The number of aromatic nitrogens is 3. The SMILES string of the molecule is O=C(Cn1cc(-c2ccccc2)nn1)c1ccc(Cl)cc1. The van der Waals surface area contributed by atoms with E-state index in [1.807, 2.05) is 30.3 Å². The Morgan fingerprint density at radius 1 is 1.05 bits per heavy atom. The lowest BCUT2D eigenvalue weighted by Gasteiger charge is -2.00. The van der Waals surface area contributed by atoms with Gasteiger partial charge < -0.3 is 0 Å². The summed E-state index contributed by atoms with van der Waals surface area (Å²) in [5.41, 5.74) is 2.33. The monoisotopic (exact) mass is 297 g/mol. The minimum absolute atomic E-state index is 0.0313. The van der Waals surface area contributed by atoms with Gasteiger partial charge in [0.25, 0.3) is 0 Å². The zero-order chi connectivity index (χ0) is 14.7. The van der Waals surface area contributed by atoms with E-state index in [0.717, 1.165) is 11.3 Å². The Bertz CT molecular complexity index is 751. The van der Waals surface area contributed by atoms with Gasteiger partial charge in [0, 0.05) is 16.1 Å². The predicted molar refractivity (Wildman–Crippen MR) is 81.2 cm³/mol. The molecule has 0 aliphatic carbocycles. The quantitative estimate of drug-likeness (QED) is 0.693. The number of rotatable bonds is 4. The number of halogens is 1. The molecule has 0 spiro atoms. The number of hydrogen-bond donors (Lipinski definition) is 0. The maximum atomic E-state index is 12.1. The van der Waals surface area contributed by atoms with Gasteiger partial charge in [0.2, 0.25) is 0 Å². The van der Waals surface area contributed by atoms with E-state index in [4.69, 9.17) is 11.6 Å². The molecule has 2 aromatic carbocycles. The zero-order valence-electron chi connectivity index (χ0n) is 11.1. The number of Topliss-reactive ketones (excluding diaryl/α,β-unsaturated/α-hetero) is 1. The molecule has 0 radical (unpaired) electrons. The zero-order valence-corrected chi connectivity index (χ0v) is 11.9. The van der Waals surface area contributed by atoms with Crippen molar-refractivity contribution in [2.75, 3.05) is 0 Å². The second-order valence-electron chi connectivity index (χ2n) is 4.60. The molecule has 0 amide bonds. The summed E-state index contributed by atoms with van der Waals surface area (Å²) in [6.07, 6.45) is 1.77. The van der Waals surface area contributed by atoms with Gasteiger partial charge in [-0.2, -0.15) is 0 Å². The van der Waals surface area contributed by atoms with Crippen molar-refractivity contribution in [3.63, 3.8) is 0 Å².